The lowest BCUT2D eigenvalue weighted by Gasteiger charge is -2.36. The highest BCUT2D eigenvalue weighted by Gasteiger charge is 2.58. The molecule has 0 aliphatic carbocycles. The Morgan fingerprint density at radius 3 is 1.88 bits per heavy atom. The number of carbonyl (C=O) groups excluding carboxylic acids is 6. The number of amides is 1. The van der Waals surface area contributed by atoms with Crippen LogP contribution >= 0.6 is 0 Å². The molecule has 0 bridgehead atoms. The summed E-state index contributed by atoms with van der Waals surface area (Å²) in [5.74, 6) is -8.46. The largest absolute Gasteiger partial charge is 0.445 e. The molecule has 174 valence electrons. The standard InChI is InChI=1S/C20H23NO11/c1-9(22)16(27)20(10(2)23,32-11(3)24)17(28)13(25)14(26)19(30)31-15(18(21)29)12-7-5-4-6-8-12/h4-8,13-15,17,25-26,28H,1-3H3,(H2,21,29)/t13-,14+,15?,17+,20+/m1/s1. The molecule has 1 unspecified atom stereocenters. The minimum absolute atomic E-state index is 0.125. The second kappa shape index (κ2) is 10.7. The molecule has 1 aromatic rings. The van der Waals surface area contributed by atoms with Crippen LogP contribution in [0.4, 0.5) is 0 Å². The van der Waals surface area contributed by atoms with Gasteiger partial charge >= 0.3 is 11.9 Å². The minimum atomic E-state index is -3.24. The summed E-state index contributed by atoms with van der Waals surface area (Å²) in [7, 11) is 0. The van der Waals surface area contributed by atoms with E-state index in [1.807, 2.05) is 0 Å². The summed E-state index contributed by atoms with van der Waals surface area (Å²) in [5, 5.41) is 30.9. The number of hydrogen-bond acceptors (Lipinski definition) is 11. The molecule has 0 saturated carbocycles. The number of esters is 2. The lowest BCUT2D eigenvalue weighted by atomic mass is 9.81. The molecule has 1 aromatic carbocycles. The van der Waals surface area contributed by atoms with Crippen LogP contribution in [0.15, 0.2) is 30.3 Å². The third kappa shape index (κ3) is 5.60. The van der Waals surface area contributed by atoms with Crippen molar-refractivity contribution in [3.63, 3.8) is 0 Å². The first-order valence-corrected chi connectivity index (χ1v) is 9.12. The molecule has 12 nitrogen and oxygen atoms in total. The van der Waals surface area contributed by atoms with Gasteiger partial charge in [0.2, 0.25) is 6.10 Å². The Labute approximate surface area is 181 Å². The molecule has 0 heterocycles. The molecule has 5 atom stereocenters. The fourth-order valence-corrected chi connectivity index (χ4v) is 2.83. The first-order valence-electron chi connectivity index (χ1n) is 9.12. The van der Waals surface area contributed by atoms with Crippen molar-refractivity contribution < 1.29 is 53.6 Å². The maximum atomic E-state index is 12.4. The van der Waals surface area contributed by atoms with Crippen LogP contribution in [0.3, 0.4) is 0 Å². The van der Waals surface area contributed by atoms with Gasteiger partial charge < -0.3 is 30.5 Å². The van der Waals surface area contributed by atoms with Crippen LogP contribution in [0.2, 0.25) is 0 Å². The van der Waals surface area contributed by atoms with E-state index < -0.39 is 65.2 Å². The number of aliphatic hydroxyl groups excluding tert-OH is 3. The number of aliphatic hydroxyl groups is 3. The molecule has 0 aromatic heterocycles. The number of nitrogens with two attached hydrogens (primary N) is 1. The van der Waals surface area contributed by atoms with Gasteiger partial charge in [0.1, 0.15) is 12.2 Å². The van der Waals surface area contributed by atoms with Crippen LogP contribution in [0, 0.1) is 0 Å². The Morgan fingerprint density at radius 1 is 0.938 bits per heavy atom. The number of primary amides is 1. The molecular formula is C20H23NO11. The number of rotatable bonds is 11. The lowest BCUT2D eigenvalue weighted by molar-refractivity contribution is -0.201. The zero-order chi connectivity index (χ0) is 24.8. The van der Waals surface area contributed by atoms with Gasteiger partial charge in [-0.15, -0.1) is 0 Å². The first kappa shape index (κ1) is 26.6. The van der Waals surface area contributed by atoms with E-state index in [2.05, 4.69) is 4.74 Å². The quantitative estimate of drug-likeness (QED) is 0.162. The molecule has 1 rings (SSSR count). The average molecular weight is 453 g/mol. The van der Waals surface area contributed by atoms with E-state index in [-0.39, 0.29) is 5.56 Å². The van der Waals surface area contributed by atoms with Crippen LogP contribution in [-0.2, 0) is 38.2 Å². The van der Waals surface area contributed by atoms with Crippen molar-refractivity contribution in [1.82, 2.24) is 0 Å². The van der Waals surface area contributed by atoms with Crippen molar-refractivity contribution in [2.75, 3.05) is 0 Å². The second-order valence-electron chi connectivity index (χ2n) is 6.78. The molecule has 0 spiro atoms. The van der Waals surface area contributed by atoms with E-state index in [0.29, 0.717) is 13.8 Å². The summed E-state index contributed by atoms with van der Waals surface area (Å²) < 4.78 is 9.43. The number of Topliss-reactive ketones (excluding diaryl/α,β-unsaturated/α-hetero) is 3. The van der Waals surface area contributed by atoms with E-state index in [9.17, 15) is 44.1 Å². The Bertz CT molecular complexity index is 913. The zero-order valence-electron chi connectivity index (χ0n) is 17.4. The monoisotopic (exact) mass is 453 g/mol. The molecule has 1 amide bonds. The summed E-state index contributed by atoms with van der Waals surface area (Å²) in [6.45, 7) is 2.15. The lowest BCUT2D eigenvalue weighted by Crippen LogP contribution is -2.65. The van der Waals surface area contributed by atoms with Crippen LogP contribution < -0.4 is 5.73 Å². The smallest absolute Gasteiger partial charge is 0.338 e. The van der Waals surface area contributed by atoms with Gasteiger partial charge in [-0.3, -0.25) is 24.0 Å². The van der Waals surface area contributed by atoms with Crippen molar-refractivity contribution in [3.8, 4) is 0 Å². The van der Waals surface area contributed by atoms with E-state index in [1.54, 1.807) is 6.07 Å². The van der Waals surface area contributed by atoms with Crippen LogP contribution in [-0.4, -0.2) is 74.4 Å². The summed E-state index contributed by atoms with van der Waals surface area (Å²) in [4.78, 5) is 71.5. The third-order valence-electron chi connectivity index (χ3n) is 4.38. The third-order valence-corrected chi connectivity index (χ3v) is 4.38. The van der Waals surface area contributed by atoms with E-state index >= 15 is 0 Å². The van der Waals surface area contributed by atoms with Gasteiger partial charge in [-0.1, -0.05) is 30.3 Å². The molecule has 0 fully saturated rings. The minimum Gasteiger partial charge on any atom is -0.445 e. The van der Waals surface area contributed by atoms with Gasteiger partial charge in [0.25, 0.3) is 17.3 Å². The topological polar surface area (TPSA) is 208 Å². The molecule has 5 N–H and O–H groups in total. The highest BCUT2D eigenvalue weighted by Crippen LogP contribution is 2.26. The van der Waals surface area contributed by atoms with Gasteiger partial charge in [-0.25, -0.2) is 4.79 Å². The molecular weight excluding hydrogens is 430 g/mol. The van der Waals surface area contributed by atoms with Crippen LogP contribution in [0.5, 0.6) is 0 Å². The highest BCUT2D eigenvalue weighted by atomic mass is 16.6. The molecule has 0 radical (unpaired) electrons. The van der Waals surface area contributed by atoms with Crippen molar-refractivity contribution in [3.05, 3.63) is 35.9 Å². The van der Waals surface area contributed by atoms with Crippen LogP contribution in [0.25, 0.3) is 0 Å². The predicted molar refractivity (Wildman–Crippen MR) is 103 cm³/mol. The van der Waals surface area contributed by atoms with Crippen molar-refractivity contribution >= 4 is 35.2 Å². The molecule has 12 heteroatoms. The fraction of sp³-hybridized carbons (Fsp3) is 0.400. The van der Waals surface area contributed by atoms with Crippen molar-refractivity contribution in [2.45, 2.75) is 50.8 Å². The number of benzene rings is 1. The van der Waals surface area contributed by atoms with Crippen LogP contribution in [0.1, 0.15) is 32.4 Å². The summed E-state index contributed by atoms with van der Waals surface area (Å²) in [5.41, 5.74) is 2.09. The molecule has 0 aliphatic heterocycles. The second-order valence-corrected chi connectivity index (χ2v) is 6.78. The van der Waals surface area contributed by atoms with Gasteiger partial charge in [-0.2, -0.15) is 0 Å². The SMILES string of the molecule is CC(=O)O[C@@](C(C)=O)(C(=O)C(C)=O)[C@@H](O)[C@H](O)[C@H](O)C(=O)OC(C(N)=O)c1ccccc1. The van der Waals surface area contributed by atoms with Crippen molar-refractivity contribution in [1.29, 1.82) is 0 Å². The fourth-order valence-electron chi connectivity index (χ4n) is 2.83. The average Bonchev–Trinajstić information content (AvgIpc) is 2.73. The van der Waals surface area contributed by atoms with Gasteiger partial charge in [-0.05, 0) is 6.92 Å². The summed E-state index contributed by atoms with van der Waals surface area (Å²) in [6, 6.07) is 7.37. The maximum Gasteiger partial charge on any atom is 0.338 e. The zero-order valence-corrected chi connectivity index (χ0v) is 17.4. The van der Waals surface area contributed by atoms with E-state index in [1.165, 1.54) is 24.3 Å². The predicted octanol–water partition coefficient (Wildman–Crippen LogP) is -2.11. The molecule has 0 saturated heterocycles. The summed E-state index contributed by atoms with van der Waals surface area (Å²) >= 11 is 0. The Morgan fingerprint density at radius 2 is 1.47 bits per heavy atom. The highest BCUT2D eigenvalue weighted by molar-refractivity contribution is 6.44. The number of ketones is 3. The number of carbonyl (C=O) groups is 6. The maximum absolute atomic E-state index is 12.4. The Kier molecular flexibility index (Phi) is 8.88. The van der Waals surface area contributed by atoms with Gasteiger partial charge in [0.05, 0.1) is 0 Å². The Hall–Kier alpha value is -3.48. The van der Waals surface area contributed by atoms with Gasteiger partial charge in [0, 0.05) is 19.4 Å². The summed E-state index contributed by atoms with van der Waals surface area (Å²) in [6.07, 6.45) is -9.76. The number of hydrogen-bond donors (Lipinski definition) is 4. The van der Waals surface area contributed by atoms with E-state index in [4.69, 9.17) is 10.5 Å². The Balaban J connectivity index is 3.26. The van der Waals surface area contributed by atoms with Gasteiger partial charge in [0.15, 0.2) is 17.7 Å². The first-order chi connectivity index (χ1) is 14.8. The van der Waals surface area contributed by atoms with E-state index in [0.717, 1.165) is 6.92 Å². The normalized spacial score (nSPS) is 16.4. The molecule has 32 heavy (non-hydrogen) atoms. The molecule has 0 aliphatic rings. The number of ether oxygens (including phenoxy) is 2. The van der Waals surface area contributed by atoms with Crippen molar-refractivity contribution in [2.24, 2.45) is 5.73 Å².